The van der Waals surface area contributed by atoms with Crippen molar-refractivity contribution < 1.29 is 17.9 Å². The highest BCUT2D eigenvalue weighted by Crippen LogP contribution is 2.31. The first kappa shape index (κ1) is 17.3. The first-order valence-electron chi connectivity index (χ1n) is 7.94. The molecular weight excluding hydrogens is 340 g/mol. The highest BCUT2D eigenvalue weighted by molar-refractivity contribution is 7.89. The molecule has 3 rings (SSSR count). The lowest BCUT2D eigenvalue weighted by Gasteiger charge is -2.30. The minimum atomic E-state index is -3.80. The van der Waals surface area contributed by atoms with Gasteiger partial charge in [-0.25, -0.2) is 8.42 Å². The van der Waals surface area contributed by atoms with E-state index in [-0.39, 0.29) is 30.2 Å². The SMILES string of the molecule is CCN(CC1COc2ccccc2O1)S(=O)(=O)c1ccccc1C#N. The lowest BCUT2D eigenvalue weighted by molar-refractivity contribution is 0.0771. The van der Waals surface area contributed by atoms with Crippen molar-refractivity contribution in [1.29, 1.82) is 5.26 Å². The van der Waals surface area contributed by atoms with Gasteiger partial charge in [-0.15, -0.1) is 0 Å². The minimum Gasteiger partial charge on any atom is -0.486 e. The zero-order valence-electron chi connectivity index (χ0n) is 13.8. The van der Waals surface area contributed by atoms with Crippen LogP contribution in [-0.2, 0) is 10.0 Å². The number of benzene rings is 2. The molecule has 2 aromatic rings. The van der Waals surface area contributed by atoms with Crippen LogP contribution in [0.5, 0.6) is 11.5 Å². The summed E-state index contributed by atoms with van der Waals surface area (Å²) in [7, 11) is -3.80. The van der Waals surface area contributed by atoms with Crippen molar-refractivity contribution in [2.75, 3.05) is 19.7 Å². The third-order valence-electron chi connectivity index (χ3n) is 3.95. The van der Waals surface area contributed by atoms with Crippen LogP contribution in [-0.4, -0.2) is 38.5 Å². The highest BCUT2D eigenvalue weighted by atomic mass is 32.2. The van der Waals surface area contributed by atoms with Gasteiger partial charge in [0, 0.05) is 6.54 Å². The van der Waals surface area contributed by atoms with Gasteiger partial charge in [0.2, 0.25) is 10.0 Å². The summed E-state index contributed by atoms with van der Waals surface area (Å²) in [4.78, 5) is 0.0106. The van der Waals surface area contributed by atoms with Crippen LogP contribution in [0, 0.1) is 11.3 Å². The smallest absolute Gasteiger partial charge is 0.244 e. The van der Waals surface area contributed by atoms with Gasteiger partial charge in [0.25, 0.3) is 0 Å². The molecule has 0 N–H and O–H groups in total. The molecule has 1 heterocycles. The summed E-state index contributed by atoms with van der Waals surface area (Å²) < 4.78 is 38.7. The van der Waals surface area contributed by atoms with Gasteiger partial charge in [0.1, 0.15) is 18.8 Å². The fourth-order valence-corrected chi connectivity index (χ4v) is 4.32. The number of sulfonamides is 1. The summed E-state index contributed by atoms with van der Waals surface area (Å²) in [6, 6.07) is 15.4. The number of nitrogens with zero attached hydrogens (tertiary/aromatic N) is 2. The maximum Gasteiger partial charge on any atom is 0.244 e. The fraction of sp³-hybridized carbons (Fsp3) is 0.278. The zero-order chi connectivity index (χ0) is 17.9. The number of hydrogen-bond donors (Lipinski definition) is 0. The molecule has 0 fully saturated rings. The quantitative estimate of drug-likeness (QED) is 0.820. The average molecular weight is 358 g/mol. The maximum atomic E-state index is 12.9. The van der Waals surface area contributed by atoms with Crippen molar-refractivity contribution in [3.63, 3.8) is 0 Å². The molecule has 1 aliphatic heterocycles. The second kappa shape index (κ2) is 7.13. The standard InChI is InChI=1S/C18H18N2O4S/c1-2-20(25(21,22)18-10-6-3-7-14(18)11-19)12-15-13-23-16-8-4-5-9-17(16)24-15/h3-10,15H,2,12-13H2,1H3. The molecule has 25 heavy (non-hydrogen) atoms. The molecule has 0 bridgehead atoms. The number of likely N-dealkylation sites (N-methyl/N-ethyl adjacent to an activating group) is 1. The normalized spacial score (nSPS) is 16.4. The van der Waals surface area contributed by atoms with Crippen LogP contribution < -0.4 is 9.47 Å². The van der Waals surface area contributed by atoms with Gasteiger partial charge < -0.3 is 9.47 Å². The maximum absolute atomic E-state index is 12.9. The Morgan fingerprint density at radius 2 is 1.84 bits per heavy atom. The Morgan fingerprint density at radius 1 is 1.16 bits per heavy atom. The average Bonchev–Trinajstić information content (AvgIpc) is 2.65. The van der Waals surface area contributed by atoms with Gasteiger partial charge >= 0.3 is 0 Å². The first-order chi connectivity index (χ1) is 12.1. The Bertz CT molecular complexity index is 905. The number of fused-ring (bicyclic) bond motifs is 1. The molecule has 1 atom stereocenters. The van der Waals surface area contributed by atoms with Crippen LogP contribution in [0.3, 0.4) is 0 Å². The van der Waals surface area contributed by atoms with Gasteiger partial charge in [0.15, 0.2) is 11.5 Å². The van der Waals surface area contributed by atoms with Crippen LogP contribution in [0.25, 0.3) is 0 Å². The van der Waals surface area contributed by atoms with E-state index in [1.165, 1.54) is 16.4 Å². The van der Waals surface area contributed by atoms with Crippen molar-refractivity contribution in [3.8, 4) is 17.6 Å². The molecule has 130 valence electrons. The largest absolute Gasteiger partial charge is 0.486 e. The van der Waals surface area contributed by atoms with Crippen LogP contribution in [0.2, 0.25) is 0 Å². The second-order valence-corrected chi connectivity index (χ2v) is 7.47. The molecule has 0 saturated heterocycles. The predicted molar refractivity (Wildman–Crippen MR) is 91.9 cm³/mol. The second-order valence-electron chi connectivity index (χ2n) is 5.56. The monoisotopic (exact) mass is 358 g/mol. The molecule has 0 aliphatic carbocycles. The van der Waals surface area contributed by atoms with E-state index < -0.39 is 16.1 Å². The summed E-state index contributed by atoms with van der Waals surface area (Å²) >= 11 is 0. The van der Waals surface area contributed by atoms with Crippen molar-refractivity contribution in [2.45, 2.75) is 17.9 Å². The molecular formula is C18H18N2O4S. The van der Waals surface area contributed by atoms with Crippen molar-refractivity contribution in [2.24, 2.45) is 0 Å². The molecule has 0 saturated carbocycles. The van der Waals surface area contributed by atoms with Crippen molar-refractivity contribution >= 4 is 10.0 Å². The number of hydrogen-bond acceptors (Lipinski definition) is 5. The lowest BCUT2D eigenvalue weighted by Crippen LogP contribution is -2.43. The first-order valence-corrected chi connectivity index (χ1v) is 9.38. The Hall–Kier alpha value is -2.56. The molecule has 1 aliphatic rings. The molecule has 1 unspecified atom stereocenters. The molecule has 0 spiro atoms. The summed E-state index contributed by atoms with van der Waals surface area (Å²) in [5.74, 6) is 1.25. The number of para-hydroxylation sites is 2. The molecule has 7 heteroatoms. The molecule has 0 amide bonds. The van der Waals surface area contributed by atoms with E-state index in [9.17, 15) is 13.7 Å². The Kier molecular flexibility index (Phi) is 4.93. The van der Waals surface area contributed by atoms with Crippen LogP contribution in [0.4, 0.5) is 0 Å². The Labute approximate surface area is 147 Å². The van der Waals surface area contributed by atoms with Crippen LogP contribution >= 0.6 is 0 Å². The van der Waals surface area contributed by atoms with Crippen molar-refractivity contribution in [1.82, 2.24) is 4.31 Å². The van der Waals surface area contributed by atoms with Gasteiger partial charge in [-0.05, 0) is 24.3 Å². The van der Waals surface area contributed by atoms with E-state index in [2.05, 4.69) is 0 Å². The van der Waals surface area contributed by atoms with Crippen LogP contribution in [0.1, 0.15) is 12.5 Å². The Morgan fingerprint density at radius 3 is 2.56 bits per heavy atom. The van der Waals surface area contributed by atoms with Gasteiger partial charge in [0.05, 0.1) is 17.0 Å². The minimum absolute atomic E-state index is 0.0106. The van der Waals surface area contributed by atoms with E-state index in [1.54, 1.807) is 25.1 Å². The topological polar surface area (TPSA) is 79.6 Å². The number of ether oxygens (including phenoxy) is 2. The number of rotatable bonds is 5. The van der Waals surface area contributed by atoms with Crippen molar-refractivity contribution in [3.05, 3.63) is 54.1 Å². The van der Waals surface area contributed by atoms with E-state index in [0.717, 1.165) is 0 Å². The summed E-state index contributed by atoms with van der Waals surface area (Å²) in [5.41, 5.74) is 0.132. The van der Waals surface area contributed by atoms with E-state index in [1.807, 2.05) is 24.3 Å². The molecule has 2 aromatic carbocycles. The highest BCUT2D eigenvalue weighted by Gasteiger charge is 2.30. The lowest BCUT2D eigenvalue weighted by atomic mass is 10.2. The zero-order valence-corrected chi connectivity index (χ0v) is 14.6. The van der Waals surface area contributed by atoms with Gasteiger partial charge in [-0.1, -0.05) is 31.2 Å². The van der Waals surface area contributed by atoms with E-state index in [0.29, 0.717) is 11.5 Å². The Balaban J connectivity index is 1.82. The van der Waals surface area contributed by atoms with Gasteiger partial charge in [-0.2, -0.15) is 9.57 Å². The molecule has 0 radical (unpaired) electrons. The summed E-state index contributed by atoms with van der Waals surface area (Å²) in [5, 5.41) is 9.19. The number of nitriles is 1. The van der Waals surface area contributed by atoms with Gasteiger partial charge in [-0.3, -0.25) is 0 Å². The van der Waals surface area contributed by atoms with E-state index in [4.69, 9.17) is 9.47 Å². The summed E-state index contributed by atoms with van der Waals surface area (Å²) in [6.45, 7) is 2.43. The third-order valence-corrected chi connectivity index (χ3v) is 5.95. The fourth-order valence-electron chi connectivity index (χ4n) is 2.70. The predicted octanol–water partition coefficient (Wildman–Crippen LogP) is 2.41. The van der Waals surface area contributed by atoms with Crippen LogP contribution in [0.15, 0.2) is 53.4 Å². The molecule has 6 nitrogen and oxygen atoms in total. The summed E-state index contributed by atoms with van der Waals surface area (Å²) in [6.07, 6.45) is -0.418. The third kappa shape index (κ3) is 3.45. The molecule has 0 aromatic heterocycles. The van der Waals surface area contributed by atoms with E-state index >= 15 is 0 Å².